The fraction of sp³-hybridized carbons (Fsp3) is 0.700. The number of hydrogen-bond acceptors (Lipinski definition) is 8. The summed E-state index contributed by atoms with van der Waals surface area (Å²) in [5, 5.41) is 0.453. The monoisotopic (exact) mass is 508 g/mol. The standard InChI is InChI=1S/C20H28ClF3N6O4/c1-2-14(12-34-15-11-27-28-18(32)17(15)20(22,23)24)33-8-3-16(31)29-4-6-30(7-5-29)19-25-9-13(21)10-26-19/h9-10,14-15,17,27H,2-8,11-12H2,1H3,(H,28,32)/t14-,15?,17?/m0/s1. The lowest BCUT2D eigenvalue weighted by molar-refractivity contribution is -0.216. The number of amides is 2. The number of piperazine rings is 1. The van der Waals surface area contributed by atoms with Gasteiger partial charge < -0.3 is 19.3 Å². The molecule has 0 bridgehead atoms. The van der Waals surface area contributed by atoms with E-state index in [4.69, 9.17) is 21.1 Å². The summed E-state index contributed by atoms with van der Waals surface area (Å²) in [6.45, 7) is 3.84. The van der Waals surface area contributed by atoms with Gasteiger partial charge in [0.2, 0.25) is 17.8 Å². The van der Waals surface area contributed by atoms with Gasteiger partial charge in [-0.25, -0.2) is 15.4 Å². The molecule has 1 aromatic rings. The predicted molar refractivity (Wildman–Crippen MR) is 116 cm³/mol. The van der Waals surface area contributed by atoms with Crippen molar-refractivity contribution in [1.29, 1.82) is 0 Å². The Morgan fingerprint density at radius 3 is 2.56 bits per heavy atom. The highest BCUT2D eigenvalue weighted by Crippen LogP contribution is 2.31. The summed E-state index contributed by atoms with van der Waals surface area (Å²) in [6.07, 6.45) is -2.89. The van der Waals surface area contributed by atoms with Crippen molar-refractivity contribution >= 4 is 29.4 Å². The molecule has 2 amide bonds. The van der Waals surface area contributed by atoms with Gasteiger partial charge in [0.1, 0.15) is 0 Å². The second-order valence-electron chi connectivity index (χ2n) is 7.98. The summed E-state index contributed by atoms with van der Waals surface area (Å²) in [6, 6.07) is 0. The first-order valence-electron chi connectivity index (χ1n) is 11.0. The molecule has 0 aliphatic carbocycles. The van der Waals surface area contributed by atoms with E-state index in [1.165, 1.54) is 12.4 Å². The highest BCUT2D eigenvalue weighted by atomic mass is 35.5. The molecular weight excluding hydrogens is 481 g/mol. The number of halogens is 4. The number of carbonyl (C=O) groups is 2. The normalized spacial score (nSPS) is 22.4. The zero-order chi connectivity index (χ0) is 24.7. The Labute approximate surface area is 200 Å². The highest BCUT2D eigenvalue weighted by molar-refractivity contribution is 6.30. The van der Waals surface area contributed by atoms with Crippen LogP contribution in [0.3, 0.4) is 0 Å². The van der Waals surface area contributed by atoms with Gasteiger partial charge in [0.25, 0.3) is 0 Å². The highest BCUT2D eigenvalue weighted by Gasteiger charge is 2.52. The van der Waals surface area contributed by atoms with Gasteiger partial charge in [-0.3, -0.25) is 15.0 Å². The third-order valence-electron chi connectivity index (χ3n) is 5.66. The molecule has 2 unspecified atom stereocenters. The van der Waals surface area contributed by atoms with Crippen LogP contribution in [0, 0.1) is 5.92 Å². The van der Waals surface area contributed by atoms with E-state index in [9.17, 15) is 22.8 Å². The quantitative estimate of drug-likeness (QED) is 0.511. The molecule has 1 aromatic heterocycles. The van der Waals surface area contributed by atoms with Crippen molar-refractivity contribution in [3.63, 3.8) is 0 Å². The van der Waals surface area contributed by atoms with E-state index in [-0.39, 0.29) is 32.1 Å². The summed E-state index contributed by atoms with van der Waals surface area (Å²) in [5.41, 5.74) is 4.39. The van der Waals surface area contributed by atoms with Gasteiger partial charge in [-0.05, 0) is 6.42 Å². The number of aromatic nitrogens is 2. The minimum Gasteiger partial charge on any atom is -0.375 e. The molecule has 2 aliphatic heterocycles. The van der Waals surface area contributed by atoms with Gasteiger partial charge in [0, 0.05) is 32.7 Å². The fourth-order valence-corrected chi connectivity index (χ4v) is 3.83. The summed E-state index contributed by atoms with van der Waals surface area (Å²) in [7, 11) is 0. The van der Waals surface area contributed by atoms with Crippen LogP contribution in [0.2, 0.25) is 5.02 Å². The molecule has 10 nitrogen and oxygen atoms in total. The Morgan fingerprint density at radius 1 is 1.26 bits per heavy atom. The van der Waals surface area contributed by atoms with Crippen molar-refractivity contribution in [2.24, 2.45) is 5.92 Å². The van der Waals surface area contributed by atoms with Crippen LogP contribution in [0.25, 0.3) is 0 Å². The number of rotatable bonds is 9. The first-order valence-corrected chi connectivity index (χ1v) is 11.4. The van der Waals surface area contributed by atoms with Crippen LogP contribution in [-0.2, 0) is 19.1 Å². The molecule has 14 heteroatoms. The van der Waals surface area contributed by atoms with E-state index in [0.717, 1.165) is 0 Å². The molecule has 34 heavy (non-hydrogen) atoms. The molecule has 3 heterocycles. The molecule has 0 radical (unpaired) electrons. The van der Waals surface area contributed by atoms with E-state index >= 15 is 0 Å². The van der Waals surface area contributed by atoms with E-state index in [0.29, 0.717) is 43.6 Å². The van der Waals surface area contributed by atoms with Crippen LogP contribution in [-0.4, -0.2) is 91.0 Å². The first-order chi connectivity index (χ1) is 16.2. The van der Waals surface area contributed by atoms with E-state index in [2.05, 4.69) is 15.4 Å². The summed E-state index contributed by atoms with van der Waals surface area (Å²) in [4.78, 5) is 36.2. The van der Waals surface area contributed by atoms with Crippen LogP contribution in [0.4, 0.5) is 19.1 Å². The Hall–Kier alpha value is -2.22. The van der Waals surface area contributed by atoms with Crippen molar-refractivity contribution in [3.05, 3.63) is 17.4 Å². The van der Waals surface area contributed by atoms with E-state index in [1.54, 1.807) is 11.8 Å². The van der Waals surface area contributed by atoms with Crippen LogP contribution in [0.1, 0.15) is 19.8 Å². The number of alkyl halides is 3. The lowest BCUT2D eigenvalue weighted by atomic mass is 9.99. The molecule has 0 aromatic carbocycles. The van der Waals surface area contributed by atoms with Crippen LogP contribution >= 0.6 is 11.6 Å². The maximum atomic E-state index is 13.2. The zero-order valence-corrected chi connectivity index (χ0v) is 19.4. The second kappa shape index (κ2) is 12.0. The first kappa shape index (κ1) is 26.4. The maximum Gasteiger partial charge on any atom is 0.403 e. The lowest BCUT2D eigenvalue weighted by Crippen LogP contribution is -2.60. The number of nitrogens with one attached hydrogen (secondary N) is 2. The SMILES string of the molecule is CC[C@@H](COC1CNNC(=O)C1C(F)(F)F)OCCC(=O)N1CCN(c2ncc(Cl)cn2)CC1. The maximum absolute atomic E-state index is 13.2. The van der Waals surface area contributed by atoms with Gasteiger partial charge in [0.15, 0.2) is 5.92 Å². The van der Waals surface area contributed by atoms with Gasteiger partial charge in [-0.15, -0.1) is 0 Å². The average molecular weight is 509 g/mol. The number of hydrazine groups is 1. The number of hydrogen-bond donors (Lipinski definition) is 2. The van der Waals surface area contributed by atoms with Crippen molar-refractivity contribution in [1.82, 2.24) is 25.7 Å². The number of anilines is 1. The molecule has 190 valence electrons. The predicted octanol–water partition coefficient (Wildman–Crippen LogP) is 1.16. The molecule has 3 atom stereocenters. The lowest BCUT2D eigenvalue weighted by Gasteiger charge is -2.35. The second-order valence-corrected chi connectivity index (χ2v) is 8.42. The summed E-state index contributed by atoms with van der Waals surface area (Å²) in [5.74, 6) is -2.93. The molecule has 0 saturated carbocycles. The molecule has 2 saturated heterocycles. The Balaban J connectivity index is 1.38. The van der Waals surface area contributed by atoms with Crippen LogP contribution in [0.5, 0.6) is 0 Å². The topological polar surface area (TPSA) is 109 Å². The number of nitrogens with zero attached hydrogens (tertiary/aromatic N) is 4. The fourth-order valence-electron chi connectivity index (χ4n) is 3.73. The Morgan fingerprint density at radius 2 is 1.94 bits per heavy atom. The summed E-state index contributed by atoms with van der Waals surface area (Å²) < 4.78 is 50.7. The minimum atomic E-state index is -4.71. The zero-order valence-electron chi connectivity index (χ0n) is 18.7. The van der Waals surface area contributed by atoms with Gasteiger partial charge in [0.05, 0.1) is 49.3 Å². The Kier molecular flexibility index (Phi) is 9.28. The van der Waals surface area contributed by atoms with Gasteiger partial charge in [-0.1, -0.05) is 18.5 Å². The molecule has 2 N–H and O–H groups in total. The molecule has 2 aliphatic rings. The van der Waals surface area contributed by atoms with Crippen molar-refractivity contribution in [2.45, 2.75) is 38.1 Å². The third kappa shape index (κ3) is 7.14. The van der Waals surface area contributed by atoms with Crippen molar-refractivity contribution in [3.8, 4) is 0 Å². The average Bonchev–Trinajstić information content (AvgIpc) is 2.81. The van der Waals surface area contributed by atoms with Crippen LogP contribution in [0.15, 0.2) is 12.4 Å². The molecular formula is C20H28ClF3N6O4. The minimum absolute atomic E-state index is 0.0715. The van der Waals surface area contributed by atoms with Crippen LogP contribution < -0.4 is 15.8 Å². The van der Waals surface area contributed by atoms with Crippen molar-refractivity contribution in [2.75, 3.05) is 50.8 Å². The number of ether oxygens (including phenoxy) is 2. The van der Waals surface area contributed by atoms with Crippen molar-refractivity contribution < 1.29 is 32.2 Å². The Bertz CT molecular complexity index is 824. The molecule has 3 rings (SSSR count). The van der Waals surface area contributed by atoms with E-state index in [1.807, 2.05) is 10.3 Å². The third-order valence-corrected chi connectivity index (χ3v) is 5.86. The number of carbonyl (C=O) groups excluding carboxylic acids is 2. The smallest absolute Gasteiger partial charge is 0.375 e. The largest absolute Gasteiger partial charge is 0.403 e. The summed E-state index contributed by atoms with van der Waals surface area (Å²) >= 11 is 5.81. The van der Waals surface area contributed by atoms with E-state index < -0.39 is 30.2 Å². The molecule has 2 fully saturated rings. The molecule has 0 spiro atoms. The van der Waals surface area contributed by atoms with Gasteiger partial charge >= 0.3 is 6.18 Å². The van der Waals surface area contributed by atoms with Gasteiger partial charge in [-0.2, -0.15) is 13.2 Å².